The Morgan fingerprint density at radius 3 is 1.85 bits per heavy atom. The highest BCUT2D eigenvalue weighted by molar-refractivity contribution is 5.95. The normalized spacial score (nSPS) is 9.62. The Kier molecular flexibility index (Phi) is 2.23. The monoisotopic (exact) mass is 180 g/mol. The van der Waals surface area contributed by atoms with Crippen LogP contribution in [-0.2, 0) is 0 Å². The van der Waals surface area contributed by atoms with Gasteiger partial charge in [-0.15, -0.1) is 0 Å². The van der Waals surface area contributed by atoms with Crippen molar-refractivity contribution < 1.29 is 9.59 Å². The van der Waals surface area contributed by atoms with Crippen molar-refractivity contribution in [1.29, 1.82) is 0 Å². The maximum absolute atomic E-state index is 10.7. The number of aryl methyl sites for hydroxylation is 1. The van der Waals surface area contributed by atoms with Crippen LogP contribution in [0, 0.1) is 6.92 Å². The standard InChI is InChI=1S/C7H8N4O2/c1-3-10-4(6(8)12)2-5(11-3)7(9)13/h2H,1H3,(H2,8,12)(H2,9,13). The fourth-order valence-corrected chi connectivity index (χ4v) is 0.820. The minimum absolute atomic E-state index is 0.0127. The number of aromatic nitrogens is 2. The predicted molar refractivity (Wildman–Crippen MR) is 43.8 cm³/mol. The van der Waals surface area contributed by atoms with E-state index in [9.17, 15) is 9.59 Å². The summed E-state index contributed by atoms with van der Waals surface area (Å²) in [5, 5.41) is 0. The molecule has 6 heteroatoms. The first-order valence-corrected chi connectivity index (χ1v) is 3.46. The fraction of sp³-hybridized carbons (Fsp3) is 0.143. The number of amides is 2. The summed E-state index contributed by atoms with van der Waals surface area (Å²) in [7, 11) is 0. The second kappa shape index (κ2) is 3.18. The van der Waals surface area contributed by atoms with Gasteiger partial charge in [0.25, 0.3) is 11.8 Å². The van der Waals surface area contributed by atoms with E-state index in [4.69, 9.17) is 11.5 Å². The minimum Gasteiger partial charge on any atom is -0.364 e. The van der Waals surface area contributed by atoms with Gasteiger partial charge in [-0.3, -0.25) is 9.59 Å². The van der Waals surface area contributed by atoms with Crippen LogP contribution in [0.5, 0.6) is 0 Å². The van der Waals surface area contributed by atoms with E-state index >= 15 is 0 Å². The third kappa shape index (κ3) is 1.98. The summed E-state index contributed by atoms with van der Waals surface area (Å²) in [6.07, 6.45) is 0. The molecule has 0 aliphatic heterocycles. The molecule has 1 rings (SSSR count). The minimum atomic E-state index is -0.715. The van der Waals surface area contributed by atoms with E-state index in [1.54, 1.807) is 6.92 Å². The Bertz CT molecular complexity index is 343. The van der Waals surface area contributed by atoms with Crippen molar-refractivity contribution in [2.24, 2.45) is 11.5 Å². The second-order valence-electron chi connectivity index (χ2n) is 2.41. The zero-order valence-electron chi connectivity index (χ0n) is 6.94. The molecule has 0 unspecified atom stereocenters. The molecular weight excluding hydrogens is 172 g/mol. The molecule has 0 bridgehead atoms. The maximum atomic E-state index is 10.7. The Hall–Kier alpha value is -1.98. The highest BCUT2D eigenvalue weighted by Crippen LogP contribution is 1.99. The molecule has 2 amide bonds. The van der Waals surface area contributed by atoms with Crippen molar-refractivity contribution >= 4 is 11.8 Å². The lowest BCUT2D eigenvalue weighted by Gasteiger charge is -1.99. The highest BCUT2D eigenvalue weighted by Gasteiger charge is 2.09. The van der Waals surface area contributed by atoms with Gasteiger partial charge in [-0.2, -0.15) is 0 Å². The van der Waals surface area contributed by atoms with Gasteiger partial charge in [-0.25, -0.2) is 9.97 Å². The second-order valence-corrected chi connectivity index (χ2v) is 2.41. The summed E-state index contributed by atoms with van der Waals surface area (Å²) >= 11 is 0. The Morgan fingerprint density at radius 1 is 1.15 bits per heavy atom. The number of carbonyl (C=O) groups excluding carboxylic acids is 2. The largest absolute Gasteiger partial charge is 0.364 e. The van der Waals surface area contributed by atoms with Gasteiger partial charge in [0, 0.05) is 6.07 Å². The number of rotatable bonds is 2. The van der Waals surface area contributed by atoms with Crippen molar-refractivity contribution in [3.63, 3.8) is 0 Å². The molecule has 0 radical (unpaired) electrons. The predicted octanol–water partition coefficient (Wildman–Crippen LogP) is -1.02. The van der Waals surface area contributed by atoms with E-state index in [2.05, 4.69) is 9.97 Å². The number of hydrogen-bond donors (Lipinski definition) is 2. The van der Waals surface area contributed by atoms with Crippen molar-refractivity contribution in [2.75, 3.05) is 0 Å². The third-order valence-corrected chi connectivity index (χ3v) is 1.34. The quantitative estimate of drug-likeness (QED) is 0.606. The van der Waals surface area contributed by atoms with Gasteiger partial charge >= 0.3 is 0 Å². The van der Waals surface area contributed by atoms with Gasteiger partial charge in [0.15, 0.2) is 0 Å². The van der Waals surface area contributed by atoms with Crippen LogP contribution in [0.2, 0.25) is 0 Å². The highest BCUT2D eigenvalue weighted by atomic mass is 16.1. The first kappa shape index (κ1) is 9.11. The zero-order valence-corrected chi connectivity index (χ0v) is 6.94. The van der Waals surface area contributed by atoms with Gasteiger partial charge in [0.05, 0.1) is 0 Å². The Morgan fingerprint density at radius 2 is 1.54 bits per heavy atom. The van der Waals surface area contributed by atoms with Crippen molar-refractivity contribution in [1.82, 2.24) is 9.97 Å². The summed E-state index contributed by atoms with van der Waals surface area (Å²) < 4.78 is 0. The van der Waals surface area contributed by atoms with Crippen LogP contribution in [0.15, 0.2) is 6.07 Å². The van der Waals surface area contributed by atoms with Crippen LogP contribution in [0.4, 0.5) is 0 Å². The van der Waals surface area contributed by atoms with Crippen LogP contribution in [0.3, 0.4) is 0 Å². The van der Waals surface area contributed by atoms with Crippen LogP contribution < -0.4 is 11.5 Å². The van der Waals surface area contributed by atoms with Gasteiger partial charge < -0.3 is 11.5 Å². The molecule has 0 saturated heterocycles. The van der Waals surface area contributed by atoms with Gasteiger partial charge in [0.2, 0.25) is 0 Å². The lowest BCUT2D eigenvalue weighted by atomic mass is 10.3. The maximum Gasteiger partial charge on any atom is 0.267 e. The summed E-state index contributed by atoms with van der Waals surface area (Å²) in [6.45, 7) is 1.54. The van der Waals surface area contributed by atoms with E-state index < -0.39 is 11.8 Å². The van der Waals surface area contributed by atoms with Gasteiger partial charge in [-0.1, -0.05) is 0 Å². The van der Waals surface area contributed by atoms with Crippen LogP contribution in [0.1, 0.15) is 26.8 Å². The molecule has 4 N–H and O–H groups in total. The average Bonchev–Trinajstić information content (AvgIpc) is 2.03. The average molecular weight is 180 g/mol. The SMILES string of the molecule is Cc1nc(C(N)=O)cc(C(N)=O)n1. The first-order valence-electron chi connectivity index (χ1n) is 3.46. The topological polar surface area (TPSA) is 112 Å². The van der Waals surface area contributed by atoms with E-state index in [-0.39, 0.29) is 17.2 Å². The van der Waals surface area contributed by atoms with Crippen LogP contribution in [0.25, 0.3) is 0 Å². The number of carbonyl (C=O) groups is 2. The summed E-state index contributed by atoms with van der Waals surface area (Å²) in [4.78, 5) is 28.9. The van der Waals surface area contributed by atoms with Crippen molar-refractivity contribution in [3.8, 4) is 0 Å². The van der Waals surface area contributed by atoms with Gasteiger partial charge in [0.1, 0.15) is 17.2 Å². The number of nitrogens with zero attached hydrogens (tertiary/aromatic N) is 2. The lowest BCUT2D eigenvalue weighted by Crippen LogP contribution is -2.19. The molecule has 0 spiro atoms. The fourth-order valence-electron chi connectivity index (χ4n) is 0.820. The zero-order chi connectivity index (χ0) is 10.0. The van der Waals surface area contributed by atoms with E-state index in [0.717, 1.165) is 6.07 Å². The molecular formula is C7H8N4O2. The molecule has 13 heavy (non-hydrogen) atoms. The molecule has 1 aromatic heterocycles. The smallest absolute Gasteiger partial charge is 0.267 e. The molecule has 0 fully saturated rings. The Balaban J connectivity index is 3.26. The molecule has 1 heterocycles. The van der Waals surface area contributed by atoms with Crippen LogP contribution in [-0.4, -0.2) is 21.8 Å². The molecule has 1 aromatic rings. The molecule has 68 valence electrons. The first-order chi connectivity index (χ1) is 6.00. The van der Waals surface area contributed by atoms with Crippen LogP contribution >= 0.6 is 0 Å². The third-order valence-electron chi connectivity index (χ3n) is 1.34. The van der Waals surface area contributed by atoms with Gasteiger partial charge in [-0.05, 0) is 6.92 Å². The molecule has 0 aliphatic rings. The van der Waals surface area contributed by atoms with E-state index in [1.165, 1.54) is 0 Å². The number of nitrogens with two attached hydrogens (primary N) is 2. The Labute approximate surface area is 74.0 Å². The summed E-state index contributed by atoms with van der Waals surface area (Å²) in [5.74, 6) is -1.15. The molecule has 0 aliphatic carbocycles. The summed E-state index contributed by atoms with van der Waals surface area (Å²) in [6, 6.07) is 1.16. The lowest BCUT2D eigenvalue weighted by molar-refractivity contribution is 0.0994. The molecule has 6 nitrogen and oxygen atoms in total. The number of hydrogen-bond acceptors (Lipinski definition) is 4. The number of primary amides is 2. The molecule has 0 atom stereocenters. The summed E-state index contributed by atoms with van der Waals surface area (Å²) in [5.41, 5.74) is 9.92. The van der Waals surface area contributed by atoms with E-state index in [1.807, 2.05) is 0 Å². The van der Waals surface area contributed by atoms with Crippen molar-refractivity contribution in [3.05, 3.63) is 23.3 Å². The van der Waals surface area contributed by atoms with Crippen molar-refractivity contribution in [2.45, 2.75) is 6.92 Å². The van der Waals surface area contributed by atoms with E-state index in [0.29, 0.717) is 0 Å². The molecule has 0 saturated carbocycles. The molecule has 0 aromatic carbocycles.